The normalized spacial score (nSPS) is 12.3. The van der Waals surface area contributed by atoms with E-state index in [2.05, 4.69) is 21.0 Å². The molecule has 8 heteroatoms. The second kappa shape index (κ2) is 10.8. The van der Waals surface area contributed by atoms with Crippen molar-refractivity contribution in [1.82, 2.24) is 9.66 Å². The van der Waals surface area contributed by atoms with Crippen LogP contribution in [0.1, 0.15) is 38.6 Å². The lowest BCUT2D eigenvalue weighted by Crippen LogP contribution is -2.26. The van der Waals surface area contributed by atoms with E-state index in [4.69, 9.17) is 14.5 Å². The number of hydrogen-bond acceptors (Lipinski definition) is 6. The van der Waals surface area contributed by atoms with E-state index in [-0.39, 0.29) is 12.2 Å². The average molecular weight is 536 g/mol. The Morgan fingerprint density at radius 3 is 2.71 bits per heavy atom. The fraction of sp³-hybridized carbons (Fsp3) is 0.259. The molecule has 4 rings (SSSR count). The number of hydrogen-bond donors (Lipinski definition) is 0. The number of aryl methyl sites for hydroxylation is 1. The van der Waals surface area contributed by atoms with E-state index in [1.54, 1.807) is 32.2 Å². The van der Waals surface area contributed by atoms with Crippen molar-refractivity contribution >= 4 is 49.8 Å². The number of benzene rings is 3. The summed E-state index contributed by atoms with van der Waals surface area (Å²) in [4.78, 5) is 30.2. The van der Waals surface area contributed by atoms with Crippen LogP contribution in [0.25, 0.3) is 21.7 Å². The van der Waals surface area contributed by atoms with Crippen LogP contribution in [0, 0.1) is 0 Å². The van der Waals surface area contributed by atoms with Crippen LogP contribution in [0.2, 0.25) is 0 Å². The van der Waals surface area contributed by atoms with Crippen LogP contribution in [-0.2, 0) is 16.0 Å². The Balaban J connectivity index is 1.85. The molecule has 0 amide bonds. The van der Waals surface area contributed by atoms with Gasteiger partial charge in [-0.05, 0) is 55.3 Å². The van der Waals surface area contributed by atoms with Crippen molar-refractivity contribution in [2.24, 2.45) is 5.10 Å². The molecule has 0 spiro atoms. The molecule has 0 aliphatic heterocycles. The van der Waals surface area contributed by atoms with Gasteiger partial charge in [0.25, 0.3) is 5.56 Å². The van der Waals surface area contributed by atoms with Gasteiger partial charge in [-0.25, -0.2) is 9.78 Å². The Labute approximate surface area is 211 Å². The predicted octanol–water partition coefficient (Wildman–Crippen LogP) is 5.48. The van der Waals surface area contributed by atoms with E-state index in [9.17, 15) is 9.59 Å². The molecule has 0 bridgehead atoms. The van der Waals surface area contributed by atoms with E-state index in [0.717, 1.165) is 21.7 Å². The third kappa shape index (κ3) is 5.27. The largest absolute Gasteiger partial charge is 0.478 e. The Morgan fingerprint density at radius 2 is 1.94 bits per heavy atom. The number of aromatic nitrogens is 2. The van der Waals surface area contributed by atoms with Gasteiger partial charge in [0.1, 0.15) is 11.6 Å². The van der Waals surface area contributed by atoms with Crippen molar-refractivity contribution in [3.05, 3.63) is 80.8 Å². The van der Waals surface area contributed by atoms with Crippen molar-refractivity contribution in [2.75, 3.05) is 6.61 Å². The molecule has 0 saturated carbocycles. The molecule has 1 aromatic heterocycles. The number of carbonyl (C=O) groups excluding carboxylic acids is 1. The van der Waals surface area contributed by atoms with Gasteiger partial charge in [-0.3, -0.25) is 4.79 Å². The van der Waals surface area contributed by atoms with E-state index >= 15 is 0 Å². The van der Waals surface area contributed by atoms with Crippen molar-refractivity contribution in [1.29, 1.82) is 0 Å². The molecule has 1 heterocycles. The number of carbonyl (C=O) groups is 1. The molecular formula is C27H26BrN3O4. The fourth-order valence-corrected chi connectivity index (χ4v) is 4.19. The average Bonchev–Trinajstić information content (AvgIpc) is 2.85. The van der Waals surface area contributed by atoms with Gasteiger partial charge in [0.15, 0.2) is 6.10 Å². The first kappa shape index (κ1) is 24.6. The Kier molecular flexibility index (Phi) is 7.60. The maximum absolute atomic E-state index is 13.4. The third-order valence-electron chi connectivity index (χ3n) is 5.50. The Morgan fingerprint density at radius 1 is 1.14 bits per heavy atom. The van der Waals surface area contributed by atoms with Crippen LogP contribution in [0.5, 0.6) is 5.75 Å². The SMILES string of the molecule is CCCc1nc2ccc(Br)cc2c(=O)n1N=Cc1c(O[C@H](C)C(=O)OCC)ccc2ccccc12. The second-order valence-corrected chi connectivity index (χ2v) is 8.93. The minimum atomic E-state index is -0.804. The predicted molar refractivity (Wildman–Crippen MR) is 141 cm³/mol. The van der Waals surface area contributed by atoms with Gasteiger partial charge in [0.2, 0.25) is 0 Å². The molecule has 0 aliphatic rings. The highest BCUT2D eigenvalue weighted by molar-refractivity contribution is 9.10. The van der Waals surface area contributed by atoms with Gasteiger partial charge in [0.05, 0.1) is 23.7 Å². The molecular weight excluding hydrogens is 510 g/mol. The highest BCUT2D eigenvalue weighted by Crippen LogP contribution is 2.28. The highest BCUT2D eigenvalue weighted by atomic mass is 79.9. The van der Waals surface area contributed by atoms with Crippen LogP contribution in [0.15, 0.2) is 69.0 Å². The lowest BCUT2D eigenvalue weighted by molar-refractivity contribution is -0.150. The molecule has 4 aromatic rings. The number of fused-ring (bicyclic) bond motifs is 2. The van der Waals surface area contributed by atoms with Gasteiger partial charge in [-0.1, -0.05) is 53.2 Å². The van der Waals surface area contributed by atoms with E-state index in [1.807, 2.05) is 49.4 Å². The smallest absolute Gasteiger partial charge is 0.347 e. The number of esters is 1. The lowest BCUT2D eigenvalue weighted by Gasteiger charge is -2.16. The zero-order valence-corrected chi connectivity index (χ0v) is 21.4. The third-order valence-corrected chi connectivity index (χ3v) is 6.00. The fourth-order valence-electron chi connectivity index (χ4n) is 3.82. The summed E-state index contributed by atoms with van der Waals surface area (Å²) in [5.74, 6) is 0.593. The molecule has 0 fully saturated rings. The minimum absolute atomic E-state index is 0.251. The van der Waals surface area contributed by atoms with Gasteiger partial charge in [-0.2, -0.15) is 9.78 Å². The molecule has 35 heavy (non-hydrogen) atoms. The Bertz CT molecular complexity index is 1480. The number of halogens is 1. The molecule has 0 saturated heterocycles. The minimum Gasteiger partial charge on any atom is -0.478 e. The van der Waals surface area contributed by atoms with Gasteiger partial charge < -0.3 is 9.47 Å². The van der Waals surface area contributed by atoms with Crippen LogP contribution >= 0.6 is 15.9 Å². The summed E-state index contributed by atoms with van der Waals surface area (Å²) in [7, 11) is 0. The van der Waals surface area contributed by atoms with E-state index in [1.165, 1.54) is 4.68 Å². The first-order chi connectivity index (χ1) is 16.9. The van der Waals surface area contributed by atoms with Gasteiger partial charge in [-0.15, -0.1) is 0 Å². The topological polar surface area (TPSA) is 82.8 Å². The summed E-state index contributed by atoms with van der Waals surface area (Å²) < 4.78 is 13.2. The summed E-state index contributed by atoms with van der Waals surface area (Å²) in [6.45, 7) is 5.69. The molecule has 7 nitrogen and oxygen atoms in total. The molecule has 0 aliphatic carbocycles. The molecule has 3 aromatic carbocycles. The summed E-state index contributed by atoms with van der Waals surface area (Å²) in [6, 6.07) is 16.9. The second-order valence-electron chi connectivity index (χ2n) is 8.01. The maximum Gasteiger partial charge on any atom is 0.347 e. The quantitative estimate of drug-likeness (QED) is 0.220. The van der Waals surface area contributed by atoms with Crippen molar-refractivity contribution in [3.8, 4) is 5.75 Å². The zero-order chi connectivity index (χ0) is 24.9. The number of rotatable bonds is 8. The van der Waals surface area contributed by atoms with Gasteiger partial charge in [0, 0.05) is 16.5 Å². The van der Waals surface area contributed by atoms with Crippen molar-refractivity contribution in [3.63, 3.8) is 0 Å². The molecule has 0 unspecified atom stereocenters. The molecule has 1 atom stereocenters. The molecule has 0 N–H and O–H groups in total. The highest BCUT2D eigenvalue weighted by Gasteiger charge is 2.18. The number of ether oxygens (including phenoxy) is 2. The van der Waals surface area contributed by atoms with Crippen molar-refractivity contribution in [2.45, 2.75) is 39.7 Å². The van der Waals surface area contributed by atoms with Gasteiger partial charge >= 0.3 is 5.97 Å². The summed E-state index contributed by atoms with van der Waals surface area (Å²) in [5, 5.41) is 6.91. The number of nitrogens with zero attached hydrogens (tertiary/aromatic N) is 3. The van der Waals surface area contributed by atoms with E-state index in [0.29, 0.717) is 34.5 Å². The molecule has 180 valence electrons. The Hall–Kier alpha value is -3.52. The van der Waals surface area contributed by atoms with Crippen LogP contribution < -0.4 is 10.3 Å². The summed E-state index contributed by atoms with van der Waals surface area (Å²) in [6.07, 6.45) is 2.20. The maximum atomic E-state index is 13.4. The zero-order valence-electron chi connectivity index (χ0n) is 19.8. The van der Waals surface area contributed by atoms with Crippen LogP contribution in [0.3, 0.4) is 0 Å². The summed E-state index contributed by atoms with van der Waals surface area (Å²) in [5.41, 5.74) is 1.03. The first-order valence-electron chi connectivity index (χ1n) is 11.5. The standard InChI is InChI=1S/C27H26BrN3O4/c1-4-8-25-30-23-13-12-19(28)15-21(23)26(32)31(25)29-16-22-20-10-7-6-9-18(20)11-14-24(22)35-17(3)27(33)34-5-2/h6-7,9-17H,4-5,8H2,1-3H3/t17-/m1/s1. The van der Waals surface area contributed by atoms with Crippen LogP contribution in [-0.4, -0.2) is 34.6 Å². The van der Waals surface area contributed by atoms with Crippen LogP contribution in [0.4, 0.5) is 0 Å². The summed E-state index contributed by atoms with van der Waals surface area (Å²) >= 11 is 3.43. The first-order valence-corrected chi connectivity index (χ1v) is 12.3. The lowest BCUT2D eigenvalue weighted by atomic mass is 10.0. The monoisotopic (exact) mass is 535 g/mol. The molecule has 0 radical (unpaired) electrons. The van der Waals surface area contributed by atoms with E-state index < -0.39 is 12.1 Å². The van der Waals surface area contributed by atoms with Crippen molar-refractivity contribution < 1.29 is 14.3 Å².